The van der Waals surface area contributed by atoms with E-state index >= 15 is 0 Å². The maximum Gasteiger partial charge on any atom is 0.317 e. The Balaban J connectivity index is 1.50. The molecule has 0 aromatic carbocycles. The number of nitrogens with two attached hydrogens (primary N) is 1. The highest BCUT2D eigenvalue weighted by Crippen LogP contribution is 2.17. The Bertz CT molecular complexity index is 696. The zero-order valence-electron chi connectivity index (χ0n) is 17.0. The predicted octanol–water partition coefficient (Wildman–Crippen LogP) is 0.846. The van der Waals surface area contributed by atoms with Crippen LogP contribution in [0.5, 0.6) is 0 Å². The summed E-state index contributed by atoms with van der Waals surface area (Å²) in [5.74, 6) is 1.22. The quantitative estimate of drug-likeness (QED) is 0.793. The molecule has 9 nitrogen and oxygen atoms in total. The topological polar surface area (TPSA) is 108 Å². The van der Waals surface area contributed by atoms with E-state index in [4.69, 9.17) is 5.73 Å². The number of rotatable bonds is 3. The second-order valence-corrected chi connectivity index (χ2v) is 7.93. The number of carbonyl (C=O) groups excluding carboxylic acids is 2. The van der Waals surface area contributed by atoms with Crippen molar-refractivity contribution in [2.24, 2.45) is 5.92 Å². The summed E-state index contributed by atoms with van der Waals surface area (Å²) in [4.78, 5) is 39.1. The van der Waals surface area contributed by atoms with Crippen LogP contribution >= 0.6 is 0 Å². The van der Waals surface area contributed by atoms with Crippen molar-refractivity contribution < 1.29 is 9.59 Å². The molecule has 0 bridgehead atoms. The predicted molar refractivity (Wildman–Crippen MR) is 108 cm³/mol. The molecule has 3 heterocycles. The van der Waals surface area contributed by atoms with Gasteiger partial charge in [0.2, 0.25) is 11.9 Å². The minimum atomic E-state index is -0.0538. The third-order valence-corrected chi connectivity index (χ3v) is 5.30. The number of aryl methyl sites for hydroxylation is 1. The lowest BCUT2D eigenvalue weighted by Gasteiger charge is -2.38. The summed E-state index contributed by atoms with van der Waals surface area (Å²) in [6.45, 7) is 9.74. The number of nitrogens with one attached hydrogen (secondary N) is 1. The average molecular weight is 390 g/mol. The van der Waals surface area contributed by atoms with Crippen molar-refractivity contribution in [1.29, 1.82) is 0 Å². The highest BCUT2D eigenvalue weighted by Gasteiger charge is 2.28. The highest BCUT2D eigenvalue weighted by molar-refractivity contribution is 5.78. The monoisotopic (exact) mass is 389 g/mol. The molecular formula is C19H31N7O2. The van der Waals surface area contributed by atoms with Crippen molar-refractivity contribution in [1.82, 2.24) is 25.1 Å². The van der Waals surface area contributed by atoms with Crippen LogP contribution < -0.4 is 16.0 Å². The molecule has 154 valence electrons. The molecule has 1 aromatic rings. The zero-order chi connectivity index (χ0) is 20.3. The molecule has 2 aliphatic rings. The lowest BCUT2D eigenvalue weighted by Crippen LogP contribution is -2.56. The second kappa shape index (κ2) is 8.62. The van der Waals surface area contributed by atoms with E-state index in [0.29, 0.717) is 32.7 Å². The van der Waals surface area contributed by atoms with Crippen molar-refractivity contribution in [2.45, 2.75) is 39.7 Å². The van der Waals surface area contributed by atoms with Gasteiger partial charge >= 0.3 is 6.03 Å². The van der Waals surface area contributed by atoms with Gasteiger partial charge in [0.05, 0.1) is 0 Å². The van der Waals surface area contributed by atoms with Crippen LogP contribution in [0.15, 0.2) is 6.07 Å². The number of likely N-dealkylation sites (tertiary alicyclic amines) is 1. The minimum absolute atomic E-state index is 0.0120. The first-order valence-electron chi connectivity index (χ1n) is 10.0. The number of aromatic nitrogens is 2. The Hall–Kier alpha value is -2.58. The van der Waals surface area contributed by atoms with Gasteiger partial charge in [0.15, 0.2) is 0 Å². The second-order valence-electron chi connectivity index (χ2n) is 7.93. The number of nitrogen functional groups attached to an aromatic ring is 1. The lowest BCUT2D eigenvalue weighted by atomic mass is 10.0. The first-order chi connectivity index (χ1) is 13.3. The first-order valence-corrected chi connectivity index (χ1v) is 10.0. The minimum Gasteiger partial charge on any atom is -0.368 e. The van der Waals surface area contributed by atoms with Gasteiger partial charge in [-0.2, -0.15) is 4.98 Å². The Morgan fingerprint density at radius 2 is 1.86 bits per heavy atom. The van der Waals surface area contributed by atoms with Crippen LogP contribution in [0.3, 0.4) is 0 Å². The highest BCUT2D eigenvalue weighted by atomic mass is 16.2. The average Bonchev–Trinajstić information content (AvgIpc) is 2.67. The van der Waals surface area contributed by atoms with E-state index in [-0.39, 0.29) is 29.8 Å². The van der Waals surface area contributed by atoms with Gasteiger partial charge in [-0.25, -0.2) is 9.78 Å². The van der Waals surface area contributed by atoms with Crippen molar-refractivity contribution in [2.75, 3.05) is 49.9 Å². The smallest absolute Gasteiger partial charge is 0.317 e. The fourth-order valence-corrected chi connectivity index (χ4v) is 3.80. The number of piperazine rings is 1. The Morgan fingerprint density at radius 3 is 2.50 bits per heavy atom. The van der Waals surface area contributed by atoms with Gasteiger partial charge in [-0.15, -0.1) is 0 Å². The summed E-state index contributed by atoms with van der Waals surface area (Å²) in [7, 11) is 0. The molecular weight excluding hydrogens is 358 g/mol. The summed E-state index contributed by atoms with van der Waals surface area (Å²) >= 11 is 0. The molecule has 2 fully saturated rings. The van der Waals surface area contributed by atoms with Gasteiger partial charge in [0, 0.05) is 63.0 Å². The van der Waals surface area contributed by atoms with Crippen LogP contribution in [-0.2, 0) is 4.79 Å². The molecule has 28 heavy (non-hydrogen) atoms. The van der Waals surface area contributed by atoms with Crippen molar-refractivity contribution in [3.8, 4) is 0 Å². The van der Waals surface area contributed by atoms with Gasteiger partial charge in [0.25, 0.3) is 0 Å². The van der Waals surface area contributed by atoms with Gasteiger partial charge in [0.1, 0.15) is 5.82 Å². The Kier molecular flexibility index (Phi) is 6.21. The first kappa shape index (κ1) is 20.2. The molecule has 0 aliphatic carbocycles. The maximum atomic E-state index is 12.7. The molecule has 0 saturated carbocycles. The third kappa shape index (κ3) is 4.82. The third-order valence-electron chi connectivity index (χ3n) is 5.30. The normalized spacial score (nSPS) is 20.4. The maximum absolute atomic E-state index is 12.7. The van der Waals surface area contributed by atoms with Crippen LogP contribution in [-0.4, -0.2) is 77.0 Å². The molecule has 1 atom stereocenters. The molecule has 2 saturated heterocycles. The summed E-state index contributed by atoms with van der Waals surface area (Å²) in [6, 6.07) is 1.88. The number of piperidine rings is 1. The van der Waals surface area contributed by atoms with Crippen LogP contribution in [0.4, 0.5) is 16.6 Å². The fourth-order valence-electron chi connectivity index (χ4n) is 3.80. The van der Waals surface area contributed by atoms with Crippen molar-refractivity contribution in [3.63, 3.8) is 0 Å². The van der Waals surface area contributed by atoms with Crippen molar-refractivity contribution >= 4 is 23.7 Å². The van der Waals surface area contributed by atoms with E-state index < -0.39 is 0 Å². The zero-order valence-corrected chi connectivity index (χ0v) is 17.0. The SMILES string of the molecule is Cc1cc(N2CCN(C(=O)N[C@H]3CCCN(C(=O)C(C)C)C3)CC2)nc(N)n1. The standard InChI is InChI=1S/C19H31N7O2/c1-13(2)17(27)26-6-4-5-15(12-26)22-19(28)25-9-7-24(8-10-25)16-11-14(3)21-18(20)23-16/h11,13,15H,4-10,12H2,1-3H3,(H,22,28)(H2,20,21,23)/t15-/m0/s1. The van der Waals surface area contributed by atoms with E-state index in [1.807, 2.05) is 36.6 Å². The fraction of sp³-hybridized carbons (Fsp3) is 0.684. The number of carbonyl (C=O) groups is 2. The summed E-state index contributed by atoms with van der Waals surface area (Å²) < 4.78 is 0. The Morgan fingerprint density at radius 1 is 1.14 bits per heavy atom. The number of hydrogen-bond donors (Lipinski definition) is 2. The molecule has 3 amide bonds. The largest absolute Gasteiger partial charge is 0.368 e. The van der Waals surface area contributed by atoms with E-state index in [2.05, 4.69) is 20.2 Å². The number of anilines is 2. The van der Waals surface area contributed by atoms with Crippen molar-refractivity contribution in [3.05, 3.63) is 11.8 Å². The number of hydrogen-bond acceptors (Lipinski definition) is 6. The van der Waals surface area contributed by atoms with Gasteiger partial charge in [-0.3, -0.25) is 4.79 Å². The number of nitrogens with zero attached hydrogens (tertiary/aromatic N) is 5. The lowest BCUT2D eigenvalue weighted by molar-refractivity contribution is -0.135. The van der Waals surface area contributed by atoms with Crippen LogP contribution in [0.2, 0.25) is 0 Å². The van der Waals surface area contributed by atoms with Gasteiger partial charge < -0.3 is 25.8 Å². The number of amides is 3. The molecule has 1 aromatic heterocycles. The van der Waals surface area contributed by atoms with E-state index in [1.54, 1.807) is 0 Å². The molecule has 3 N–H and O–H groups in total. The summed E-state index contributed by atoms with van der Waals surface area (Å²) in [5.41, 5.74) is 6.58. The summed E-state index contributed by atoms with van der Waals surface area (Å²) in [5, 5.41) is 3.11. The molecule has 2 aliphatic heterocycles. The number of urea groups is 1. The van der Waals surface area contributed by atoms with E-state index in [9.17, 15) is 9.59 Å². The van der Waals surface area contributed by atoms with E-state index in [0.717, 1.165) is 30.9 Å². The van der Waals surface area contributed by atoms with Crippen LogP contribution in [0.1, 0.15) is 32.4 Å². The molecule has 3 rings (SSSR count). The molecule has 0 spiro atoms. The molecule has 9 heteroatoms. The molecule has 0 unspecified atom stereocenters. The van der Waals surface area contributed by atoms with Crippen LogP contribution in [0, 0.1) is 12.8 Å². The molecule has 0 radical (unpaired) electrons. The Labute approximate surface area is 166 Å². The van der Waals surface area contributed by atoms with Gasteiger partial charge in [-0.1, -0.05) is 13.8 Å². The van der Waals surface area contributed by atoms with Crippen LogP contribution in [0.25, 0.3) is 0 Å². The van der Waals surface area contributed by atoms with Gasteiger partial charge in [-0.05, 0) is 19.8 Å². The summed E-state index contributed by atoms with van der Waals surface area (Å²) in [6.07, 6.45) is 1.83. The van der Waals surface area contributed by atoms with E-state index in [1.165, 1.54) is 0 Å².